The molecule has 21 heavy (non-hydrogen) atoms. The van der Waals surface area contributed by atoms with Crippen molar-refractivity contribution in [2.45, 2.75) is 51.1 Å². The van der Waals surface area contributed by atoms with Crippen LogP contribution in [0.1, 0.15) is 39.0 Å². The first-order valence-electron chi connectivity index (χ1n) is 7.50. The number of nitro groups is 1. The molecule has 1 aliphatic rings. The highest BCUT2D eigenvalue weighted by Gasteiger charge is 2.19. The molecule has 6 heteroatoms. The van der Waals surface area contributed by atoms with Crippen molar-refractivity contribution in [2.24, 2.45) is 0 Å². The summed E-state index contributed by atoms with van der Waals surface area (Å²) in [6.07, 6.45) is 5.91. The van der Waals surface area contributed by atoms with Crippen LogP contribution < -0.4 is 10.6 Å². The van der Waals surface area contributed by atoms with Gasteiger partial charge in [0.25, 0.3) is 5.69 Å². The molecular formula is C15H22ClN3O2. The van der Waals surface area contributed by atoms with E-state index in [0.29, 0.717) is 16.8 Å². The van der Waals surface area contributed by atoms with E-state index in [9.17, 15) is 10.1 Å². The van der Waals surface area contributed by atoms with Crippen molar-refractivity contribution in [2.75, 3.05) is 11.9 Å². The summed E-state index contributed by atoms with van der Waals surface area (Å²) in [5.41, 5.74) is 0.564. The van der Waals surface area contributed by atoms with Crippen LogP contribution in [0, 0.1) is 10.1 Å². The van der Waals surface area contributed by atoms with E-state index in [1.807, 2.05) is 0 Å². The molecule has 1 aliphatic heterocycles. The highest BCUT2D eigenvalue weighted by atomic mass is 35.5. The minimum atomic E-state index is -0.398. The minimum Gasteiger partial charge on any atom is -0.377 e. The number of anilines is 1. The van der Waals surface area contributed by atoms with Crippen LogP contribution in [0.25, 0.3) is 0 Å². The molecule has 0 aliphatic carbocycles. The summed E-state index contributed by atoms with van der Waals surface area (Å²) in [7, 11) is 0. The molecular weight excluding hydrogens is 290 g/mol. The van der Waals surface area contributed by atoms with Gasteiger partial charge in [0.1, 0.15) is 5.69 Å². The molecule has 0 spiro atoms. The normalized spacial score (nSPS) is 20.6. The van der Waals surface area contributed by atoms with Gasteiger partial charge in [-0.05, 0) is 44.9 Å². The average molecular weight is 312 g/mol. The molecule has 1 aromatic rings. The molecule has 1 aromatic carbocycles. The minimum absolute atomic E-state index is 0.0307. The van der Waals surface area contributed by atoms with Gasteiger partial charge in [-0.15, -0.1) is 0 Å². The SMILES string of the molecule is CC(CC1CCCCCN1)Nc1ccc(Cl)cc1[N+](=O)[O-]. The second-order valence-corrected chi connectivity index (χ2v) is 6.14. The second-order valence-electron chi connectivity index (χ2n) is 5.70. The summed E-state index contributed by atoms with van der Waals surface area (Å²) in [4.78, 5) is 10.7. The van der Waals surface area contributed by atoms with Crippen molar-refractivity contribution in [3.63, 3.8) is 0 Å². The molecule has 0 amide bonds. The van der Waals surface area contributed by atoms with E-state index in [1.54, 1.807) is 12.1 Å². The molecule has 0 saturated carbocycles. The van der Waals surface area contributed by atoms with E-state index >= 15 is 0 Å². The van der Waals surface area contributed by atoms with Crippen LogP contribution in [0.3, 0.4) is 0 Å². The zero-order valence-corrected chi connectivity index (χ0v) is 13.0. The Balaban J connectivity index is 1.98. The van der Waals surface area contributed by atoms with E-state index in [-0.39, 0.29) is 11.7 Å². The van der Waals surface area contributed by atoms with Crippen LogP contribution >= 0.6 is 11.6 Å². The highest BCUT2D eigenvalue weighted by Crippen LogP contribution is 2.28. The lowest BCUT2D eigenvalue weighted by Gasteiger charge is -2.22. The number of nitrogens with one attached hydrogen (secondary N) is 2. The number of nitro benzene ring substituents is 1. The molecule has 5 nitrogen and oxygen atoms in total. The van der Waals surface area contributed by atoms with Crippen molar-refractivity contribution >= 4 is 23.0 Å². The lowest BCUT2D eigenvalue weighted by molar-refractivity contribution is -0.384. The zero-order chi connectivity index (χ0) is 15.2. The van der Waals surface area contributed by atoms with Crippen LogP contribution in [0.2, 0.25) is 5.02 Å². The molecule has 1 heterocycles. The van der Waals surface area contributed by atoms with Crippen molar-refractivity contribution in [1.29, 1.82) is 0 Å². The molecule has 2 unspecified atom stereocenters. The largest absolute Gasteiger partial charge is 0.377 e. The van der Waals surface area contributed by atoms with Gasteiger partial charge >= 0.3 is 0 Å². The summed E-state index contributed by atoms with van der Waals surface area (Å²) in [5.74, 6) is 0. The van der Waals surface area contributed by atoms with E-state index in [4.69, 9.17) is 11.6 Å². The first kappa shape index (κ1) is 16.0. The Morgan fingerprint density at radius 1 is 1.48 bits per heavy atom. The smallest absolute Gasteiger partial charge is 0.293 e. The van der Waals surface area contributed by atoms with Crippen LogP contribution in [-0.2, 0) is 0 Å². The van der Waals surface area contributed by atoms with Crippen LogP contribution in [0.4, 0.5) is 11.4 Å². The standard InChI is InChI=1S/C15H22ClN3O2/c1-11(9-13-5-3-2-4-8-17-13)18-14-7-6-12(16)10-15(14)19(20)21/h6-7,10-11,13,17-18H,2-5,8-9H2,1H3. The maximum Gasteiger partial charge on any atom is 0.293 e. The van der Waals surface area contributed by atoms with Crippen molar-refractivity contribution < 1.29 is 4.92 Å². The number of hydrogen-bond acceptors (Lipinski definition) is 4. The summed E-state index contributed by atoms with van der Waals surface area (Å²) < 4.78 is 0. The summed E-state index contributed by atoms with van der Waals surface area (Å²) >= 11 is 5.83. The first-order chi connectivity index (χ1) is 10.1. The zero-order valence-electron chi connectivity index (χ0n) is 12.3. The monoisotopic (exact) mass is 311 g/mol. The Morgan fingerprint density at radius 2 is 2.29 bits per heavy atom. The predicted molar refractivity (Wildman–Crippen MR) is 86.1 cm³/mol. The van der Waals surface area contributed by atoms with Crippen LogP contribution in [-0.4, -0.2) is 23.6 Å². The van der Waals surface area contributed by atoms with E-state index in [2.05, 4.69) is 17.6 Å². The Hall–Kier alpha value is -1.33. The molecule has 2 atom stereocenters. The fourth-order valence-corrected chi connectivity index (χ4v) is 3.00. The first-order valence-corrected chi connectivity index (χ1v) is 7.88. The topological polar surface area (TPSA) is 67.2 Å². The van der Waals surface area contributed by atoms with Gasteiger partial charge in [0.2, 0.25) is 0 Å². The molecule has 2 rings (SSSR count). The fraction of sp³-hybridized carbons (Fsp3) is 0.600. The molecule has 0 bridgehead atoms. The van der Waals surface area contributed by atoms with Crippen molar-refractivity contribution in [3.05, 3.63) is 33.3 Å². The predicted octanol–water partition coefficient (Wildman–Crippen LogP) is 3.97. The lowest BCUT2D eigenvalue weighted by atomic mass is 10.0. The summed E-state index contributed by atoms with van der Waals surface area (Å²) in [5, 5.41) is 18.3. The van der Waals surface area contributed by atoms with Gasteiger partial charge in [-0.2, -0.15) is 0 Å². The van der Waals surface area contributed by atoms with Gasteiger partial charge < -0.3 is 10.6 Å². The maximum absolute atomic E-state index is 11.1. The Labute approximate surface area is 130 Å². The number of rotatable bonds is 5. The highest BCUT2D eigenvalue weighted by molar-refractivity contribution is 6.30. The van der Waals surface area contributed by atoms with Crippen LogP contribution in [0.15, 0.2) is 18.2 Å². The molecule has 0 aromatic heterocycles. The number of benzene rings is 1. The number of nitrogens with zero attached hydrogens (tertiary/aromatic N) is 1. The number of hydrogen-bond donors (Lipinski definition) is 2. The maximum atomic E-state index is 11.1. The van der Waals surface area contributed by atoms with Crippen molar-refractivity contribution in [1.82, 2.24) is 5.32 Å². The van der Waals surface area contributed by atoms with Gasteiger partial charge in [0.05, 0.1) is 4.92 Å². The van der Waals surface area contributed by atoms with Crippen molar-refractivity contribution in [3.8, 4) is 0 Å². The number of halogens is 1. The molecule has 0 radical (unpaired) electrons. The summed E-state index contributed by atoms with van der Waals surface area (Å²) in [6.45, 7) is 3.13. The summed E-state index contributed by atoms with van der Waals surface area (Å²) in [6, 6.07) is 5.40. The van der Waals surface area contributed by atoms with E-state index in [1.165, 1.54) is 31.7 Å². The third-order valence-electron chi connectivity index (χ3n) is 3.86. The third-order valence-corrected chi connectivity index (χ3v) is 4.09. The molecule has 2 N–H and O–H groups in total. The average Bonchev–Trinajstić information content (AvgIpc) is 2.69. The Kier molecular flexibility index (Phi) is 5.82. The third kappa shape index (κ3) is 4.86. The van der Waals surface area contributed by atoms with Gasteiger partial charge in [-0.25, -0.2) is 0 Å². The Bertz CT molecular complexity index is 488. The van der Waals surface area contributed by atoms with Gasteiger partial charge in [0.15, 0.2) is 0 Å². The lowest BCUT2D eigenvalue weighted by Crippen LogP contribution is -2.33. The quantitative estimate of drug-likeness (QED) is 0.638. The Morgan fingerprint density at radius 3 is 3.05 bits per heavy atom. The van der Waals surface area contributed by atoms with Gasteiger partial charge in [-0.3, -0.25) is 10.1 Å². The van der Waals surface area contributed by atoms with Crippen LogP contribution in [0.5, 0.6) is 0 Å². The van der Waals surface area contributed by atoms with E-state index in [0.717, 1.165) is 13.0 Å². The fourth-order valence-electron chi connectivity index (χ4n) is 2.83. The molecule has 116 valence electrons. The van der Waals surface area contributed by atoms with Gasteiger partial charge in [0, 0.05) is 23.2 Å². The molecule has 1 fully saturated rings. The second kappa shape index (κ2) is 7.61. The van der Waals surface area contributed by atoms with E-state index < -0.39 is 4.92 Å². The molecule has 1 saturated heterocycles. The van der Waals surface area contributed by atoms with Gasteiger partial charge in [-0.1, -0.05) is 24.4 Å².